The molecule has 1 fully saturated rings. The van der Waals surface area contributed by atoms with E-state index in [1.54, 1.807) is 0 Å². The fraction of sp³-hybridized carbons (Fsp3) is 0.640. The van der Waals surface area contributed by atoms with E-state index >= 15 is 0 Å². The summed E-state index contributed by atoms with van der Waals surface area (Å²) in [6, 6.07) is 9.24. The highest BCUT2D eigenvalue weighted by atomic mass is 35.5. The average molecular weight is 405 g/mol. The molecular formula is C25H37ClO2. The van der Waals surface area contributed by atoms with Gasteiger partial charge >= 0.3 is 5.97 Å². The van der Waals surface area contributed by atoms with Gasteiger partial charge in [-0.25, -0.2) is 0 Å². The minimum Gasteiger partial charge on any atom is -0.481 e. The van der Waals surface area contributed by atoms with Crippen LogP contribution in [0.1, 0.15) is 101 Å². The van der Waals surface area contributed by atoms with Crippen LogP contribution in [-0.2, 0) is 4.79 Å². The van der Waals surface area contributed by atoms with E-state index in [-0.39, 0.29) is 11.8 Å². The van der Waals surface area contributed by atoms with Crippen LogP contribution in [0.4, 0.5) is 0 Å². The van der Waals surface area contributed by atoms with Crippen molar-refractivity contribution in [2.24, 2.45) is 5.92 Å². The highest BCUT2D eigenvalue weighted by molar-refractivity contribution is 6.21. The quantitative estimate of drug-likeness (QED) is 0.220. The third-order valence-electron chi connectivity index (χ3n) is 6.21. The molecular weight excluding hydrogens is 368 g/mol. The molecule has 0 amide bonds. The molecule has 28 heavy (non-hydrogen) atoms. The summed E-state index contributed by atoms with van der Waals surface area (Å²) in [5, 5.41) is 8.92. The molecule has 2 nitrogen and oxygen atoms in total. The van der Waals surface area contributed by atoms with E-state index in [0.29, 0.717) is 17.8 Å². The lowest BCUT2D eigenvalue weighted by Gasteiger charge is -2.22. The predicted octanol–water partition coefficient (Wildman–Crippen LogP) is 7.67. The van der Waals surface area contributed by atoms with Crippen molar-refractivity contribution < 1.29 is 9.90 Å². The van der Waals surface area contributed by atoms with Crippen LogP contribution in [0.5, 0.6) is 0 Å². The van der Waals surface area contributed by atoms with Gasteiger partial charge in [-0.05, 0) is 61.5 Å². The molecule has 0 saturated heterocycles. The first-order valence-electron chi connectivity index (χ1n) is 11.1. The van der Waals surface area contributed by atoms with Crippen molar-refractivity contribution in [3.8, 4) is 0 Å². The lowest BCUT2D eigenvalue weighted by Crippen LogP contribution is -2.13. The first-order valence-corrected chi connectivity index (χ1v) is 11.6. The summed E-state index contributed by atoms with van der Waals surface area (Å²) in [5.74, 6) is 0.929. The molecule has 1 aliphatic rings. The Kier molecular flexibility index (Phi) is 10.1. The van der Waals surface area contributed by atoms with Crippen molar-refractivity contribution in [3.05, 3.63) is 47.5 Å². The zero-order valence-corrected chi connectivity index (χ0v) is 18.3. The lowest BCUT2D eigenvalue weighted by molar-refractivity contribution is -0.137. The number of carboxylic acid groups (broad SMARTS) is 1. The van der Waals surface area contributed by atoms with Crippen LogP contribution in [0, 0.1) is 5.92 Å². The van der Waals surface area contributed by atoms with Crippen molar-refractivity contribution in [2.75, 3.05) is 0 Å². The maximum atomic E-state index is 10.6. The summed E-state index contributed by atoms with van der Waals surface area (Å²) in [4.78, 5) is 10.6. The van der Waals surface area contributed by atoms with Crippen molar-refractivity contribution in [2.45, 2.75) is 95.3 Å². The zero-order chi connectivity index (χ0) is 20.4. The topological polar surface area (TPSA) is 37.3 Å². The largest absolute Gasteiger partial charge is 0.481 e. The molecule has 0 bridgehead atoms. The average Bonchev–Trinajstić information content (AvgIpc) is 3.05. The maximum absolute atomic E-state index is 10.6. The Morgan fingerprint density at radius 2 is 1.93 bits per heavy atom. The second-order valence-electron chi connectivity index (χ2n) is 8.44. The summed E-state index contributed by atoms with van der Waals surface area (Å²) >= 11 is 6.70. The van der Waals surface area contributed by atoms with E-state index in [1.165, 1.54) is 43.2 Å². The molecule has 4 atom stereocenters. The number of benzene rings is 1. The molecule has 156 valence electrons. The smallest absolute Gasteiger partial charge is 0.303 e. The molecule has 1 aliphatic carbocycles. The number of rotatable bonds is 12. The third kappa shape index (κ3) is 7.28. The summed E-state index contributed by atoms with van der Waals surface area (Å²) in [6.07, 6.45) is 14.7. The summed E-state index contributed by atoms with van der Waals surface area (Å²) < 4.78 is 0. The molecule has 0 aliphatic heterocycles. The van der Waals surface area contributed by atoms with Gasteiger partial charge in [0.05, 0.1) is 0 Å². The maximum Gasteiger partial charge on any atom is 0.303 e. The molecule has 0 spiro atoms. The lowest BCUT2D eigenvalue weighted by atomic mass is 9.85. The molecule has 4 unspecified atom stereocenters. The van der Waals surface area contributed by atoms with Gasteiger partial charge in [-0.15, -0.1) is 11.6 Å². The van der Waals surface area contributed by atoms with Crippen LogP contribution in [0.3, 0.4) is 0 Å². The Morgan fingerprint density at radius 1 is 1.18 bits per heavy atom. The highest BCUT2D eigenvalue weighted by Gasteiger charge is 2.35. The van der Waals surface area contributed by atoms with Gasteiger partial charge in [0.2, 0.25) is 0 Å². The van der Waals surface area contributed by atoms with Gasteiger partial charge in [-0.2, -0.15) is 0 Å². The Morgan fingerprint density at radius 3 is 2.61 bits per heavy atom. The molecule has 3 heteroatoms. The van der Waals surface area contributed by atoms with Crippen molar-refractivity contribution in [1.29, 1.82) is 0 Å². The first kappa shape index (κ1) is 23.0. The standard InChI is InChI=1S/C25H37ClO2/c1-3-4-7-10-19(2)20-13-15-22(16-14-20)25-21(17-18-23(25)26)11-8-5-6-9-12-24(27)28/h5,8,13-16,19,21,23,25H,3-4,6-7,9-12,17-18H2,1-2H3,(H,27,28). The highest BCUT2D eigenvalue weighted by Crippen LogP contribution is 2.45. The Bertz CT molecular complexity index is 607. The minimum absolute atomic E-state index is 0.221. The van der Waals surface area contributed by atoms with Crippen LogP contribution >= 0.6 is 11.6 Å². The molecule has 1 saturated carbocycles. The Labute approximate surface area is 176 Å². The van der Waals surface area contributed by atoms with E-state index in [4.69, 9.17) is 16.7 Å². The van der Waals surface area contributed by atoms with E-state index in [1.807, 2.05) is 0 Å². The number of halogens is 1. The summed E-state index contributed by atoms with van der Waals surface area (Å²) in [6.45, 7) is 4.59. The van der Waals surface area contributed by atoms with Gasteiger partial charge in [0.1, 0.15) is 0 Å². The molecule has 2 rings (SSSR count). The van der Waals surface area contributed by atoms with Crippen LogP contribution in [0.15, 0.2) is 36.4 Å². The Balaban J connectivity index is 1.90. The number of carboxylic acids is 1. The number of unbranched alkanes of at least 4 members (excludes halogenated alkanes) is 3. The van der Waals surface area contributed by atoms with Gasteiger partial charge in [0, 0.05) is 17.7 Å². The number of carbonyl (C=O) groups is 1. The Hall–Kier alpha value is -1.28. The van der Waals surface area contributed by atoms with Crippen LogP contribution in [0.2, 0.25) is 0 Å². The molecule has 0 aromatic heterocycles. The number of alkyl halides is 1. The van der Waals surface area contributed by atoms with Crippen molar-refractivity contribution in [3.63, 3.8) is 0 Å². The van der Waals surface area contributed by atoms with Crippen LogP contribution in [-0.4, -0.2) is 16.5 Å². The van der Waals surface area contributed by atoms with E-state index in [0.717, 1.165) is 25.7 Å². The SMILES string of the molecule is CCCCCC(C)c1ccc(C2C(Cl)CCC2CC=CCCCC(=O)O)cc1. The van der Waals surface area contributed by atoms with E-state index < -0.39 is 5.97 Å². The normalized spacial score (nSPS) is 23.3. The number of aliphatic carboxylic acids is 1. The third-order valence-corrected chi connectivity index (χ3v) is 6.70. The van der Waals surface area contributed by atoms with E-state index in [2.05, 4.69) is 50.3 Å². The van der Waals surface area contributed by atoms with Gasteiger partial charge < -0.3 is 5.11 Å². The van der Waals surface area contributed by atoms with Crippen molar-refractivity contribution >= 4 is 17.6 Å². The summed E-state index contributed by atoms with van der Waals surface area (Å²) in [7, 11) is 0. The molecule has 1 aromatic rings. The second-order valence-corrected chi connectivity index (χ2v) is 9.00. The fourth-order valence-corrected chi connectivity index (χ4v) is 4.92. The predicted molar refractivity (Wildman–Crippen MR) is 119 cm³/mol. The number of hydrogen-bond donors (Lipinski definition) is 1. The van der Waals surface area contributed by atoms with Crippen LogP contribution < -0.4 is 0 Å². The number of allylic oxidation sites excluding steroid dienone is 2. The van der Waals surface area contributed by atoms with Gasteiger partial charge in [0.25, 0.3) is 0 Å². The number of hydrogen-bond acceptors (Lipinski definition) is 1. The van der Waals surface area contributed by atoms with Gasteiger partial charge in [0.15, 0.2) is 0 Å². The van der Waals surface area contributed by atoms with Gasteiger partial charge in [-0.1, -0.05) is 69.5 Å². The van der Waals surface area contributed by atoms with Crippen molar-refractivity contribution in [1.82, 2.24) is 0 Å². The minimum atomic E-state index is -0.711. The molecule has 0 radical (unpaired) electrons. The zero-order valence-electron chi connectivity index (χ0n) is 17.6. The van der Waals surface area contributed by atoms with Gasteiger partial charge in [-0.3, -0.25) is 4.79 Å². The molecule has 1 aromatic carbocycles. The van der Waals surface area contributed by atoms with E-state index in [9.17, 15) is 4.79 Å². The summed E-state index contributed by atoms with van der Waals surface area (Å²) in [5.41, 5.74) is 2.82. The molecule has 0 heterocycles. The fourth-order valence-electron chi connectivity index (χ4n) is 4.45. The first-order chi connectivity index (χ1) is 13.5. The molecule has 1 N–H and O–H groups in total. The van der Waals surface area contributed by atoms with Crippen LogP contribution in [0.25, 0.3) is 0 Å². The second kappa shape index (κ2) is 12.3. The monoisotopic (exact) mass is 404 g/mol.